The molecule has 0 spiro atoms. The number of halogens is 3. The summed E-state index contributed by atoms with van der Waals surface area (Å²) in [7, 11) is 0. The van der Waals surface area contributed by atoms with Crippen molar-refractivity contribution in [2.75, 3.05) is 32.7 Å². The first-order valence-electron chi connectivity index (χ1n) is 11.3. The molecule has 4 nitrogen and oxygen atoms in total. The van der Waals surface area contributed by atoms with E-state index in [1.165, 1.54) is 5.56 Å². The molecule has 1 aliphatic heterocycles. The summed E-state index contributed by atoms with van der Waals surface area (Å²) in [6, 6.07) is 21.3. The zero-order valence-corrected chi connectivity index (χ0v) is 21.3. The monoisotopic (exact) mass is 516 g/mol. The van der Waals surface area contributed by atoms with E-state index in [1.54, 1.807) is 18.2 Å². The highest BCUT2D eigenvalue weighted by molar-refractivity contribution is 6.39. The smallest absolute Gasteiger partial charge is 0.256 e. The molecule has 1 amide bonds. The number of aryl methyl sites for hydroxylation is 1. The Labute approximate surface area is 216 Å². The van der Waals surface area contributed by atoms with Gasteiger partial charge in [-0.1, -0.05) is 82.8 Å². The van der Waals surface area contributed by atoms with E-state index in [1.807, 2.05) is 35.2 Å². The second-order valence-electron chi connectivity index (χ2n) is 8.53. The van der Waals surface area contributed by atoms with E-state index in [4.69, 9.17) is 39.5 Å². The molecule has 1 aliphatic rings. The Morgan fingerprint density at radius 1 is 0.912 bits per heavy atom. The first kappa shape index (κ1) is 25.0. The molecule has 0 aliphatic carbocycles. The van der Waals surface area contributed by atoms with Crippen molar-refractivity contribution in [1.29, 1.82) is 0 Å². The van der Waals surface area contributed by atoms with Gasteiger partial charge in [-0.3, -0.25) is 9.69 Å². The molecule has 1 fully saturated rings. The van der Waals surface area contributed by atoms with Crippen LogP contribution in [0.1, 0.15) is 33.2 Å². The Bertz CT molecular complexity index is 1110. The summed E-state index contributed by atoms with van der Waals surface area (Å²) in [5.74, 6) is -0.125. The van der Waals surface area contributed by atoms with Crippen LogP contribution in [0.15, 0.2) is 66.7 Å². The van der Waals surface area contributed by atoms with Gasteiger partial charge in [0.15, 0.2) is 0 Å². The van der Waals surface area contributed by atoms with Crippen molar-refractivity contribution in [3.8, 4) is 0 Å². The van der Waals surface area contributed by atoms with Crippen LogP contribution in [0.5, 0.6) is 0 Å². The largest absolute Gasteiger partial charge is 0.368 e. The van der Waals surface area contributed by atoms with Crippen molar-refractivity contribution >= 4 is 40.7 Å². The number of hydrogen-bond acceptors (Lipinski definition) is 3. The van der Waals surface area contributed by atoms with Gasteiger partial charge in [-0.15, -0.1) is 0 Å². The number of carbonyl (C=O) groups excluding carboxylic acids is 1. The first-order chi connectivity index (χ1) is 16.4. The van der Waals surface area contributed by atoms with Gasteiger partial charge in [0.2, 0.25) is 0 Å². The predicted octanol–water partition coefficient (Wildman–Crippen LogP) is 6.67. The summed E-state index contributed by atoms with van der Waals surface area (Å²) in [5, 5.41) is 1.46. The van der Waals surface area contributed by atoms with E-state index in [9.17, 15) is 4.79 Å². The maximum Gasteiger partial charge on any atom is 0.256 e. The molecule has 3 aromatic carbocycles. The molecular formula is C27H27Cl3N2O2. The lowest BCUT2D eigenvalue weighted by Gasteiger charge is -2.36. The third-order valence-electron chi connectivity index (χ3n) is 6.04. The summed E-state index contributed by atoms with van der Waals surface area (Å²) in [6.07, 6.45) is -0.113. The van der Waals surface area contributed by atoms with Gasteiger partial charge in [-0.2, -0.15) is 0 Å². The van der Waals surface area contributed by atoms with Crippen molar-refractivity contribution in [2.45, 2.75) is 19.6 Å². The van der Waals surface area contributed by atoms with Crippen molar-refractivity contribution < 1.29 is 9.53 Å². The quantitative estimate of drug-likeness (QED) is 0.351. The number of carbonyl (C=O) groups is 1. The van der Waals surface area contributed by atoms with Crippen molar-refractivity contribution in [3.05, 3.63) is 104 Å². The normalized spacial score (nSPS) is 15.4. The van der Waals surface area contributed by atoms with Gasteiger partial charge >= 0.3 is 0 Å². The molecule has 3 aromatic rings. The molecule has 0 bridgehead atoms. The van der Waals surface area contributed by atoms with Gasteiger partial charge in [0.1, 0.15) is 0 Å². The Hall–Kier alpha value is -2.08. The van der Waals surface area contributed by atoms with Crippen LogP contribution in [0.2, 0.25) is 15.1 Å². The molecule has 0 unspecified atom stereocenters. The van der Waals surface area contributed by atoms with E-state index in [-0.39, 0.29) is 12.0 Å². The van der Waals surface area contributed by atoms with E-state index in [0.717, 1.165) is 30.8 Å². The number of benzene rings is 3. The van der Waals surface area contributed by atoms with Gasteiger partial charge in [-0.25, -0.2) is 0 Å². The fourth-order valence-corrected chi connectivity index (χ4v) is 4.84. The average Bonchev–Trinajstić information content (AvgIpc) is 2.82. The summed E-state index contributed by atoms with van der Waals surface area (Å²) in [4.78, 5) is 17.2. The van der Waals surface area contributed by atoms with Gasteiger partial charge in [-0.05, 0) is 42.3 Å². The summed E-state index contributed by atoms with van der Waals surface area (Å²) in [5.41, 5.74) is 3.81. The Morgan fingerprint density at radius 3 is 2.21 bits per heavy atom. The maximum absolute atomic E-state index is 13.0. The minimum Gasteiger partial charge on any atom is -0.368 e. The highest BCUT2D eigenvalue weighted by Gasteiger charge is 2.27. The Balaban J connectivity index is 1.41. The molecule has 0 aromatic heterocycles. The van der Waals surface area contributed by atoms with Gasteiger partial charge < -0.3 is 9.64 Å². The maximum atomic E-state index is 13.0. The number of amides is 1. The van der Waals surface area contributed by atoms with Gasteiger partial charge in [0, 0.05) is 37.7 Å². The molecule has 34 heavy (non-hydrogen) atoms. The van der Waals surface area contributed by atoms with Crippen LogP contribution in [0, 0.1) is 6.92 Å². The lowest BCUT2D eigenvalue weighted by Crippen LogP contribution is -2.49. The fraction of sp³-hybridized carbons (Fsp3) is 0.296. The van der Waals surface area contributed by atoms with E-state index in [0.29, 0.717) is 40.3 Å². The summed E-state index contributed by atoms with van der Waals surface area (Å²) in [6.45, 7) is 6.02. The molecule has 0 N–H and O–H groups in total. The lowest BCUT2D eigenvalue weighted by molar-refractivity contribution is 0.00342. The molecule has 4 rings (SSSR count). The standard InChI is InChI=1S/C27H27Cl3N2O2/c1-19-4-2-5-20(16-19)18-34-25(21-8-10-22(28)11-9-21)17-31-12-14-32(15-13-31)27(33)26-23(29)6-3-7-24(26)30/h2-11,16,25H,12-15,17-18H2,1H3/t25-/m1/s1. The number of nitrogens with zero attached hydrogens (tertiary/aromatic N) is 2. The van der Waals surface area contributed by atoms with Crippen molar-refractivity contribution in [2.24, 2.45) is 0 Å². The van der Waals surface area contributed by atoms with Crippen molar-refractivity contribution in [3.63, 3.8) is 0 Å². The van der Waals surface area contributed by atoms with Crippen LogP contribution in [0.25, 0.3) is 0 Å². The van der Waals surface area contributed by atoms with E-state index >= 15 is 0 Å². The van der Waals surface area contributed by atoms with Crippen LogP contribution in [0.3, 0.4) is 0 Å². The highest BCUT2D eigenvalue weighted by Crippen LogP contribution is 2.27. The number of hydrogen-bond donors (Lipinski definition) is 0. The molecule has 0 radical (unpaired) electrons. The molecular weight excluding hydrogens is 491 g/mol. The van der Waals surface area contributed by atoms with Crippen molar-refractivity contribution in [1.82, 2.24) is 9.80 Å². The number of ether oxygens (including phenoxy) is 1. The topological polar surface area (TPSA) is 32.8 Å². The SMILES string of the molecule is Cc1cccc(CO[C@H](CN2CCN(C(=O)c3c(Cl)cccc3Cl)CC2)c2ccc(Cl)cc2)c1. The molecule has 1 atom stereocenters. The molecule has 7 heteroatoms. The Morgan fingerprint density at radius 2 is 1.56 bits per heavy atom. The fourth-order valence-electron chi connectivity index (χ4n) is 4.16. The third-order valence-corrected chi connectivity index (χ3v) is 6.92. The summed E-state index contributed by atoms with van der Waals surface area (Å²) >= 11 is 18.6. The lowest BCUT2D eigenvalue weighted by atomic mass is 10.1. The summed E-state index contributed by atoms with van der Waals surface area (Å²) < 4.78 is 6.39. The predicted molar refractivity (Wildman–Crippen MR) is 139 cm³/mol. The Kier molecular flexibility index (Phi) is 8.51. The highest BCUT2D eigenvalue weighted by atomic mass is 35.5. The molecule has 0 saturated carbocycles. The zero-order valence-electron chi connectivity index (χ0n) is 19.0. The van der Waals surface area contributed by atoms with Crippen LogP contribution < -0.4 is 0 Å². The van der Waals surface area contributed by atoms with E-state index in [2.05, 4.69) is 30.0 Å². The zero-order chi connectivity index (χ0) is 24.1. The molecule has 1 heterocycles. The molecule has 178 valence electrons. The van der Waals surface area contributed by atoms with Crippen LogP contribution in [-0.2, 0) is 11.3 Å². The minimum absolute atomic E-state index is 0.113. The van der Waals surface area contributed by atoms with Crippen LogP contribution in [-0.4, -0.2) is 48.4 Å². The van der Waals surface area contributed by atoms with Crippen LogP contribution in [0.4, 0.5) is 0 Å². The average molecular weight is 518 g/mol. The number of piperazine rings is 1. The first-order valence-corrected chi connectivity index (χ1v) is 12.4. The van der Waals surface area contributed by atoms with E-state index < -0.39 is 0 Å². The molecule has 1 saturated heterocycles. The van der Waals surface area contributed by atoms with Gasteiger partial charge in [0.05, 0.1) is 28.3 Å². The van der Waals surface area contributed by atoms with Gasteiger partial charge in [0.25, 0.3) is 5.91 Å². The number of rotatable bonds is 7. The second kappa shape index (κ2) is 11.6. The van der Waals surface area contributed by atoms with Crippen LogP contribution >= 0.6 is 34.8 Å². The third kappa shape index (κ3) is 6.32. The second-order valence-corrected chi connectivity index (χ2v) is 9.78. The minimum atomic E-state index is -0.125.